The molecule has 6 heteroatoms. The van der Waals surface area contributed by atoms with Gasteiger partial charge in [0.2, 0.25) is 0 Å². The highest BCUT2D eigenvalue weighted by atomic mass is 19.4. The van der Waals surface area contributed by atoms with E-state index in [-0.39, 0.29) is 19.2 Å². The minimum absolute atomic E-state index is 0.0455. The van der Waals surface area contributed by atoms with Crippen LogP contribution < -0.4 is 5.73 Å². The second-order valence-electron chi connectivity index (χ2n) is 3.03. The molecule has 80 valence electrons. The molecule has 0 aromatic carbocycles. The Morgan fingerprint density at radius 3 is 2.38 bits per heavy atom. The maximum absolute atomic E-state index is 11.5. The summed E-state index contributed by atoms with van der Waals surface area (Å²) in [6.07, 6.45) is -4.53. The van der Waals surface area contributed by atoms with E-state index in [1.165, 1.54) is 0 Å². The Labute approximate surface area is 75.6 Å². The number of alkyl halides is 3. The van der Waals surface area contributed by atoms with Crippen LogP contribution in [-0.2, 0) is 4.74 Å². The summed E-state index contributed by atoms with van der Waals surface area (Å²) in [4.78, 5) is 1.69. The van der Waals surface area contributed by atoms with Crippen molar-refractivity contribution in [2.24, 2.45) is 5.73 Å². The van der Waals surface area contributed by atoms with E-state index in [0.717, 1.165) is 0 Å². The average molecular weight is 200 g/mol. The maximum atomic E-state index is 11.5. The van der Waals surface area contributed by atoms with Crippen molar-refractivity contribution >= 4 is 0 Å². The Morgan fingerprint density at radius 1 is 1.46 bits per heavy atom. The molecule has 0 radical (unpaired) electrons. The molecule has 0 fully saturated rings. The van der Waals surface area contributed by atoms with Crippen LogP contribution in [0.2, 0.25) is 0 Å². The van der Waals surface area contributed by atoms with E-state index in [9.17, 15) is 13.2 Å². The molecular weight excluding hydrogens is 185 g/mol. The fourth-order valence-corrected chi connectivity index (χ4v) is 0.900. The van der Waals surface area contributed by atoms with Crippen LogP contribution >= 0.6 is 0 Å². The molecule has 1 atom stereocenters. The van der Waals surface area contributed by atoms with Gasteiger partial charge in [0.05, 0.1) is 6.61 Å². The van der Waals surface area contributed by atoms with Gasteiger partial charge in [-0.3, -0.25) is 4.74 Å². The zero-order valence-electron chi connectivity index (χ0n) is 7.77. The first-order valence-electron chi connectivity index (χ1n) is 3.96. The van der Waals surface area contributed by atoms with Crippen LogP contribution in [0.5, 0.6) is 0 Å². The van der Waals surface area contributed by atoms with Crippen molar-refractivity contribution in [1.29, 1.82) is 0 Å². The highest BCUT2D eigenvalue weighted by Crippen LogP contribution is 2.15. The number of halogens is 3. The molecule has 0 amide bonds. The van der Waals surface area contributed by atoms with Crippen LogP contribution in [0, 0.1) is 0 Å². The molecule has 0 saturated carbocycles. The van der Waals surface area contributed by atoms with E-state index in [0.29, 0.717) is 6.54 Å². The molecular formula is C7H15F3N2O. The van der Waals surface area contributed by atoms with Gasteiger partial charge in [-0.25, -0.2) is 0 Å². The lowest BCUT2D eigenvalue weighted by Gasteiger charge is -2.18. The monoisotopic (exact) mass is 200 g/mol. The van der Waals surface area contributed by atoms with E-state index >= 15 is 0 Å². The summed E-state index contributed by atoms with van der Waals surface area (Å²) < 4.78 is 38.1. The van der Waals surface area contributed by atoms with Gasteiger partial charge in [-0.1, -0.05) is 0 Å². The number of ether oxygens (including phenoxy) is 1. The summed E-state index contributed by atoms with van der Waals surface area (Å²) >= 11 is 0. The molecule has 0 saturated heterocycles. The third kappa shape index (κ3) is 9.59. The van der Waals surface area contributed by atoms with Crippen LogP contribution in [0.15, 0.2) is 0 Å². The quantitative estimate of drug-likeness (QED) is 0.713. The van der Waals surface area contributed by atoms with Gasteiger partial charge in [0, 0.05) is 19.1 Å². The zero-order chi connectivity index (χ0) is 10.5. The Bertz CT molecular complexity index is 138. The molecule has 0 rings (SSSR count). The first kappa shape index (κ1) is 12.7. The molecule has 0 spiro atoms. The number of nitrogens with zero attached hydrogens (tertiary/aromatic N) is 1. The molecule has 0 aliphatic heterocycles. The normalized spacial score (nSPS) is 15.0. The summed E-state index contributed by atoms with van der Waals surface area (Å²) in [5, 5.41) is 0. The number of nitrogens with two attached hydrogens (primary N) is 1. The van der Waals surface area contributed by atoms with Gasteiger partial charge in [-0.15, -0.1) is 13.2 Å². The smallest absolute Gasteiger partial charge is 0.327 e. The van der Waals surface area contributed by atoms with Gasteiger partial charge in [-0.05, 0) is 14.0 Å². The number of likely N-dealkylation sites (N-methyl/N-ethyl adjacent to an activating group) is 1. The third-order valence-corrected chi connectivity index (χ3v) is 1.34. The molecule has 2 N–H and O–H groups in total. The molecule has 0 aliphatic rings. The van der Waals surface area contributed by atoms with Crippen LogP contribution in [-0.4, -0.2) is 44.0 Å². The zero-order valence-corrected chi connectivity index (χ0v) is 7.77. The highest BCUT2D eigenvalue weighted by molar-refractivity contribution is 4.59. The molecule has 0 aromatic heterocycles. The van der Waals surface area contributed by atoms with Crippen molar-refractivity contribution in [2.75, 3.05) is 26.7 Å². The summed E-state index contributed by atoms with van der Waals surface area (Å²) in [7, 11) is 1.70. The van der Waals surface area contributed by atoms with E-state index < -0.39 is 6.36 Å². The minimum Gasteiger partial charge on any atom is -0.327 e. The van der Waals surface area contributed by atoms with Crippen molar-refractivity contribution in [3.8, 4) is 0 Å². The lowest BCUT2D eigenvalue weighted by atomic mass is 10.3. The van der Waals surface area contributed by atoms with Crippen molar-refractivity contribution in [1.82, 2.24) is 4.90 Å². The topological polar surface area (TPSA) is 38.5 Å². The molecule has 0 heterocycles. The predicted octanol–water partition coefficient (Wildman–Crippen LogP) is 0.802. The van der Waals surface area contributed by atoms with Crippen molar-refractivity contribution < 1.29 is 17.9 Å². The second-order valence-corrected chi connectivity index (χ2v) is 3.03. The molecule has 3 nitrogen and oxygen atoms in total. The van der Waals surface area contributed by atoms with Gasteiger partial charge in [0.1, 0.15) is 0 Å². The number of hydrogen-bond donors (Lipinski definition) is 1. The van der Waals surface area contributed by atoms with Crippen LogP contribution in [0.4, 0.5) is 13.2 Å². The van der Waals surface area contributed by atoms with Gasteiger partial charge >= 0.3 is 6.36 Å². The first-order valence-corrected chi connectivity index (χ1v) is 3.96. The molecule has 0 bridgehead atoms. The van der Waals surface area contributed by atoms with Crippen molar-refractivity contribution in [3.05, 3.63) is 0 Å². The van der Waals surface area contributed by atoms with Crippen LogP contribution in [0.25, 0.3) is 0 Å². The summed E-state index contributed by atoms with van der Waals surface area (Å²) in [5.41, 5.74) is 5.45. The average Bonchev–Trinajstić information content (AvgIpc) is 1.81. The Hall–Kier alpha value is -0.330. The third-order valence-electron chi connectivity index (χ3n) is 1.34. The number of rotatable bonds is 5. The Kier molecular flexibility index (Phi) is 5.27. The van der Waals surface area contributed by atoms with Gasteiger partial charge in [0.25, 0.3) is 0 Å². The standard InChI is InChI=1S/C7H15F3N2O/c1-6(11)5-12(2)3-4-13-7(8,9)10/h6H,3-5,11H2,1-2H3. The lowest BCUT2D eigenvalue weighted by molar-refractivity contribution is -0.324. The molecule has 0 aliphatic carbocycles. The summed E-state index contributed by atoms with van der Waals surface area (Å²) in [5.74, 6) is 0. The molecule has 0 aromatic rings. The highest BCUT2D eigenvalue weighted by Gasteiger charge is 2.28. The molecule has 13 heavy (non-hydrogen) atoms. The Balaban J connectivity index is 3.42. The van der Waals surface area contributed by atoms with Crippen molar-refractivity contribution in [3.63, 3.8) is 0 Å². The largest absolute Gasteiger partial charge is 0.522 e. The van der Waals surface area contributed by atoms with Gasteiger partial charge in [-0.2, -0.15) is 0 Å². The van der Waals surface area contributed by atoms with Crippen LogP contribution in [0.3, 0.4) is 0 Å². The predicted molar refractivity (Wildman–Crippen MR) is 43.2 cm³/mol. The minimum atomic E-state index is -4.53. The Morgan fingerprint density at radius 2 is 2.00 bits per heavy atom. The maximum Gasteiger partial charge on any atom is 0.522 e. The van der Waals surface area contributed by atoms with Gasteiger partial charge in [0.15, 0.2) is 0 Å². The van der Waals surface area contributed by atoms with Crippen LogP contribution in [0.1, 0.15) is 6.92 Å². The first-order chi connectivity index (χ1) is 5.81. The van der Waals surface area contributed by atoms with Crippen molar-refractivity contribution in [2.45, 2.75) is 19.3 Å². The summed E-state index contributed by atoms with van der Waals surface area (Å²) in [6, 6.07) is -0.0455. The van der Waals surface area contributed by atoms with E-state index in [1.54, 1.807) is 18.9 Å². The lowest BCUT2D eigenvalue weighted by Crippen LogP contribution is -2.35. The van der Waals surface area contributed by atoms with E-state index in [1.807, 2.05) is 0 Å². The molecule has 1 unspecified atom stereocenters. The second kappa shape index (κ2) is 5.41. The van der Waals surface area contributed by atoms with E-state index in [2.05, 4.69) is 4.74 Å². The number of hydrogen-bond acceptors (Lipinski definition) is 3. The van der Waals surface area contributed by atoms with Gasteiger partial charge < -0.3 is 10.6 Å². The van der Waals surface area contributed by atoms with E-state index in [4.69, 9.17) is 5.73 Å². The summed E-state index contributed by atoms with van der Waals surface area (Å²) in [6.45, 7) is 2.22. The SMILES string of the molecule is CC(N)CN(C)CCOC(F)(F)F. The fraction of sp³-hybridized carbons (Fsp3) is 1.00. The fourth-order valence-electron chi connectivity index (χ4n) is 0.900.